The number of hydrogen-bond donors (Lipinski definition) is 1. The third-order valence-corrected chi connectivity index (χ3v) is 1.37. The van der Waals surface area contributed by atoms with E-state index in [1.165, 1.54) is 19.4 Å². The van der Waals surface area contributed by atoms with E-state index in [2.05, 4.69) is 9.97 Å². The number of methoxy groups -OCH3 is 1. The smallest absolute Gasteiger partial charge is 0.354 e. The molecular formula is C8H10N2O4. The first-order valence-corrected chi connectivity index (χ1v) is 3.92. The lowest BCUT2D eigenvalue weighted by molar-refractivity contribution is 0.0688. The normalized spacial score (nSPS) is 9.79. The summed E-state index contributed by atoms with van der Waals surface area (Å²) in [7, 11) is 1.54. The first-order valence-electron chi connectivity index (χ1n) is 3.92. The van der Waals surface area contributed by atoms with E-state index in [1.807, 2.05) is 0 Å². The third kappa shape index (κ3) is 2.98. The van der Waals surface area contributed by atoms with Gasteiger partial charge in [-0.15, -0.1) is 0 Å². The van der Waals surface area contributed by atoms with Crippen molar-refractivity contribution in [2.45, 2.75) is 0 Å². The highest BCUT2D eigenvalue weighted by atomic mass is 16.5. The molecule has 1 heterocycles. The van der Waals surface area contributed by atoms with Crippen molar-refractivity contribution < 1.29 is 19.4 Å². The van der Waals surface area contributed by atoms with Gasteiger partial charge in [-0.05, 0) is 6.07 Å². The zero-order valence-electron chi connectivity index (χ0n) is 7.64. The molecule has 0 bridgehead atoms. The average Bonchev–Trinajstić information content (AvgIpc) is 2.19. The van der Waals surface area contributed by atoms with Gasteiger partial charge in [-0.2, -0.15) is 4.98 Å². The molecule has 0 aliphatic rings. The van der Waals surface area contributed by atoms with Crippen molar-refractivity contribution in [1.29, 1.82) is 0 Å². The number of carboxylic acids is 1. The van der Waals surface area contributed by atoms with E-state index in [0.29, 0.717) is 13.2 Å². The van der Waals surface area contributed by atoms with Gasteiger partial charge in [-0.3, -0.25) is 0 Å². The largest absolute Gasteiger partial charge is 0.477 e. The molecule has 76 valence electrons. The molecule has 14 heavy (non-hydrogen) atoms. The Hall–Kier alpha value is -1.69. The number of carbonyl (C=O) groups is 1. The Morgan fingerprint density at radius 2 is 2.36 bits per heavy atom. The number of carboxylic acid groups (broad SMARTS) is 1. The van der Waals surface area contributed by atoms with Crippen LogP contribution in [0.15, 0.2) is 12.3 Å². The maximum atomic E-state index is 10.5. The van der Waals surface area contributed by atoms with Crippen LogP contribution in [-0.2, 0) is 4.74 Å². The Balaban J connectivity index is 2.59. The van der Waals surface area contributed by atoms with Gasteiger partial charge in [0.05, 0.1) is 6.61 Å². The van der Waals surface area contributed by atoms with Crippen LogP contribution in [0.25, 0.3) is 0 Å². The predicted octanol–water partition coefficient (Wildman–Crippen LogP) is 0.200. The molecule has 0 unspecified atom stereocenters. The number of nitrogens with zero attached hydrogens (tertiary/aromatic N) is 2. The Bertz CT molecular complexity index is 316. The highest BCUT2D eigenvalue weighted by molar-refractivity contribution is 5.85. The van der Waals surface area contributed by atoms with Crippen molar-refractivity contribution in [3.8, 4) is 6.01 Å². The van der Waals surface area contributed by atoms with Crippen LogP contribution in [0.3, 0.4) is 0 Å². The lowest BCUT2D eigenvalue weighted by atomic mass is 10.4. The van der Waals surface area contributed by atoms with Gasteiger partial charge < -0.3 is 14.6 Å². The summed E-state index contributed by atoms with van der Waals surface area (Å²) >= 11 is 0. The minimum atomic E-state index is -1.11. The molecule has 0 fully saturated rings. The van der Waals surface area contributed by atoms with E-state index >= 15 is 0 Å². The molecule has 0 aliphatic heterocycles. The topological polar surface area (TPSA) is 81.5 Å². The first-order chi connectivity index (χ1) is 6.74. The van der Waals surface area contributed by atoms with Crippen LogP contribution in [0.5, 0.6) is 6.01 Å². The fourth-order valence-corrected chi connectivity index (χ4v) is 0.746. The second-order valence-electron chi connectivity index (χ2n) is 2.37. The van der Waals surface area contributed by atoms with Gasteiger partial charge in [0.2, 0.25) is 0 Å². The highest BCUT2D eigenvalue weighted by Crippen LogP contribution is 2.02. The molecule has 0 aliphatic carbocycles. The fourth-order valence-electron chi connectivity index (χ4n) is 0.746. The van der Waals surface area contributed by atoms with Crippen LogP contribution < -0.4 is 4.74 Å². The Kier molecular flexibility index (Phi) is 3.81. The maximum Gasteiger partial charge on any atom is 0.354 e. The SMILES string of the molecule is COCCOc1nccc(C(=O)O)n1. The van der Waals surface area contributed by atoms with Crippen LogP contribution in [0.2, 0.25) is 0 Å². The quantitative estimate of drug-likeness (QED) is 0.680. The van der Waals surface area contributed by atoms with Crippen molar-refractivity contribution in [2.24, 2.45) is 0 Å². The number of rotatable bonds is 5. The minimum Gasteiger partial charge on any atom is -0.477 e. The van der Waals surface area contributed by atoms with Gasteiger partial charge in [0.25, 0.3) is 0 Å². The van der Waals surface area contributed by atoms with E-state index in [4.69, 9.17) is 14.6 Å². The van der Waals surface area contributed by atoms with Crippen molar-refractivity contribution >= 4 is 5.97 Å². The molecule has 0 saturated heterocycles. The number of ether oxygens (including phenoxy) is 2. The van der Waals surface area contributed by atoms with Crippen LogP contribution >= 0.6 is 0 Å². The zero-order chi connectivity index (χ0) is 10.4. The van der Waals surface area contributed by atoms with Crippen molar-refractivity contribution in [3.05, 3.63) is 18.0 Å². The summed E-state index contributed by atoms with van der Waals surface area (Å²) in [6.07, 6.45) is 1.33. The number of aromatic nitrogens is 2. The highest BCUT2D eigenvalue weighted by Gasteiger charge is 2.06. The van der Waals surface area contributed by atoms with E-state index < -0.39 is 5.97 Å². The second kappa shape index (κ2) is 5.13. The van der Waals surface area contributed by atoms with Gasteiger partial charge in [0, 0.05) is 13.3 Å². The lowest BCUT2D eigenvalue weighted by Gasteiger charge is -2.02. The molecule has 0 aromatic carbocycles. The standard InChI is InChI=1S/C8H10N2O4/c1-13-4-5-14-8-9-3-2-6(10-8)7(11)12/h2-3H,4-5H2,1H3,(H,11,12). The molecule has 6 nitrogen and oxygen atoms in total. The summed E-state index contributed by atoms with van der Waals surface area (Å²) < 4.78 is 9.77. The Labute approximate surface area is 80.5 Å². The Morgan fingerprint density at radius 3 is 3.00 bits per heavy atom. The van der Waals surface area contributed by atoms with Crippen molar-refractivity contribution in [2.75, 3.05) is 20.3 Å². The molecular weight excluding hydrogens is 188 g/mol. The summed E-state index contributed by atoms with van der Waals surface area (Å²) in [5.74, 6) is -1.11. The maximum absolute atomic E-state index is 10.5. The summed E-state index contributed by atoms with van der Waals surface area (Å²) in [5.41, 5.74) is -0.0904. The van der Waals surface area contributed by atoms with E-state index in [9.17, 15) is 4.79 Å². The number of aromatic carboxylic acids is 1. The molecule has 0 amide bonds. The molecule has 1 aromatic heterocycles. The van der Waals surface area contributed by atoms with E-state index in [-0.39, 0.29) is 11.7 Å². The molecule has 6 heteroatoms. The average molecular weight is 198 g/mol. The monoisotopic (exact) mass is 198 g/mol. The summed E-state index contributed by atoms with van der Waals surface area (Å²) in [4.78, 5) is 17.9. The van der Waals surface area contributed by atoms with Crippen LogP contribution in [0.1, 0.15) is 10.5 Å². The van der Waals surface area contributed by atoms with Gasteiger partial charge in [-0.25, -0.2) is 9.78 Å². The van der Waals surface area contributed by atoms with Gasteiger partial charge in [-0.1, -0.05) is 0 Å². The van der Waals surface area contributed by atoms with Crippen molar-refractivity contribution in [3.63, 3.8) is 0 Å². The third-order valence-electron chi connectivity index (χ3n) is 1.37. The van der Waals surface area contributed by atoms with Gasteiger partial charge >= 0.3 is 12.0 Å². The summed E-state index contributed by atoms with van der Waals surface area (Å²) in [5, 5.41) is 8.61. The predicted molar refractivity (Wildman–Crippen MR) is 46.4 cm³/mol. The van der Waals surface area contributed by atoms with Crippen molar-refractivity contribution in [1.82, 2.24) is 9.97 Å². The summed E-state index contributed by atoms with van der Waals surface area (Å²) in [6.45, 7) is 0.695. The molecule has 0 radical (unpaired) electrons. The van der Waals surface area contributed by atoms with Crippen LogP contribution in [0.4, 0.5) is 0 Å². The zero-order valence-corrected chi connectivity index (χ0v) is 7.64. The fraction of sp³-hybridized carbons (Fsp3) is 0.375. The van der Waals surface area contributed by atoms with E-state index in [1.54, 1.807) is 0 Å². The summed E-state index contributed by atoms with van der Waals surface area (Å²) in [6, 6.07) is 1.34. The Morgan fingerprint density at radius 1 is 1.57 bits per heavy atom. The molecule has 1 rings (SSSR count). The first kappa shape index (κ1) is 10.4. The van der Waals surface area contributed by atoms with Gasteiger partial charge in [0.1, 0.15) is 6.61 Å². The van der Waals surface area contributed by atoms with E-state index in [0.717, 1.165) is 0 Å². The molecule has 1 aromatic rings. The van der Waals surface area contributed by atoms with Crippen LogP contribution in [0, 0.1) is 0 Å². The molecule has 0 atom stereocenters. The second-order valence-corrected chi connectivity index (χ2v) is 2.37. The minimum absolute atomic E-state index is 0.0435. The molecule has 0 spiro atoms. The number of hydrogen-bond acceptors (Lipinski definition) is 5. The lowest BCUT2D eigenvalue weighted by Crippen LogP contribution is -2.09. The molecule has 0 saturated carbocycles. The molecule has 1 N–H and O–H groups in total. The van der Waals surface area contributed by atoms with Gasteiger partial charge in [0.15, 0.2) is 5.69 Å². The van der Waals surface area contributed by atoms with Crippen LogP contribution in [-0.4, -0.2) is 41.4 Å².